The lowest BCUT2D eigenvalue weighted by molar-refractivity contribution is 0.174. The molecule has 0 aromatic heterocycles. The van der Waals surface area contributed by atoms with Gasteiger partial charge in [0.25, 0.3) is 0 Å². The van der Waals surface area contributed by atoms with Gasteiger partial charge >= 0.3 is 0 Å². The quantitative estimate of drug-likeness (QED) is 0.716. The highest BCUT2D eigenvalue weighted by molar-refractivity contribution is 5.49. The molecule has 1 aliphatic heterocycles. The van der Waals surface area contributed by atoms with Gasteiger partial charge in [-0.1, -0.05) is 13.8 Å². The van der Waals surface area contributed by atoms with Crippen molar-refractivity contribution in [3.8, 4) is 11.5 Å². The van der Waals surface area contributed by atoms with Crippen molar-refractivity contribution in [3.63, 3.8) is 0 Å². The monoisotopic (exact) mass is 192 g/mol. The molecule has 2 nitrogen and oxygen atoms in total. The van der Waals surface area contributed by atoms with Crippen LogP contribution >= 0.6 is 0 Å². The largest absolute Gasteiger partial charge is 0.454 e. The fourth-order valence-corrected chi connectivity index (χ4v) is 1.81. The molecular weight excluding hydrogens is 176 g/mol. The van der Waals surface area contributed by atoms with Crippen LogP contribution in [0.5, 0.6) is 11.5 Å². The second-order valence-electron chi connectivity index (χ2n) is 3.87. The molecule has 0 bridgehead atoms. The van der Waals surface area contributed by atoms with Gasteiger partial charge in [-0.05, 0) is 42.5 Å². The summed E-state index contributed by atoms with van der Waals surface area (Å²) in [6, 6.07) is 4.19. The first-order chi connectivity index (χ1) is 6.72. The Morgan fingerprint density at radius 2 is 1.93 bits per heavy atom. The van der Waals surface area contributed by atoms with E-state index in [4.69, 9.17) is 9.47 Å². The van der Waals surface area contributed by atoms with E-state index in [0.29, 0.717) is 12.7 Å². The second-order valence-corrected chi connectivity index (χ2v) is 3.87. The maximum atomic E-state index is 5.37. The smallest absolute Gasteiger partial charge is 0.231 e. The molecule has 0 radical (unpaired) electrons. The van der Waals surface area contributed by atoms with Crippen LogP contribution in [0.1, 0.15) is 37.3 Å². The van der Waals surface area contributed by atoms with Gasteiger partial charge in [-0.2, -0.15) is 0 Å². The third-order valence-electron chi connectivity index (χ3n) is 2.90. The van der Waals surface area contributed by atoms with E-state index in [-0.39, 0.29) is 0 Å². The fraction of sp³-hybridized carbons (Fsp3) is 0.500. The summed E-state index contributed by atoms with van der Waals surface area (Å²) in [5, 5.41) is 0. The lowest BCUT2D eigenvalue weighted by Gasteiger charge is -2.13. The molecular formula is C12H16O2. The van der Waals surface area contributed by atoms with E-state index in [1.807, 2.05) is 0 Å². The van der Waals surface area contributed by atoms with Crippen LogP contribution in [0.15, 0.2) is 12.1 Å². The van der Waals surface area contributed by atoms with Crippen molar-refractivity contribution in [2.75, 3.05) is 6.79 Å². The van der Waals surface area contributed by atoms with Crippen molar-refractivity contribution < 1.29 is 9.47 Å². The molecule has 0 N–H and O–H groups in total. The Kier molecular flexibility index (Phi) is 2.36. The first-order valence-corrected chi connectivity index (χ1v) is 5.12. The molecule has 0 saturated carbocycles. The van der Waals surface area contributed by atoms with Crippen LogP contribution in [0, 0.1) is 6.92 Å². The van der Waals surface area contributed by atoms with Crippen molar-refractivity contribution in [2.24, 2.45) is 0 Å². The molecule has 0 amide bonds. The standard InChI is InChI=1S/C12H16O2/c1-4-8(2)10-6-12-11(5-9(10)3)13-7-14-12/h5-6,8H,4,7H2,1-3H3. The molecule has 76 valence electrons. The van der Waals surface area contributed by atoms with Gasteiger partial charge in [0.05, 0.1) is 0 Å². The summed E-state index contributed by atoms with van der Waals surface area (Å²) < 4.78 is 10.7. The fourth-order valence-electron chi connectivity index (χ4n) is 1.81. The Balaban J connectivity index is 2.42. The minimum Gasteiger partial charge on any atom is -0.454 e. The molecule has 0 spiro atoms. The van der Waals surface area contributed by atoms with E-state index in [2.05, 4.69) is 32.9 Å². The van der Waals surface area contributed by atoms with Crippen molar-refractivity contribution in [1.82, 2.24) is 0 Å². The predicted molar refractivity (Wildman–Crippen MR) is 56.0 cm³/mol. The zero-order chi connectivity index (χ0) is 10.1. The molecule has 1 aromatic rings. The van der Waals surface area contributed by atoms with Crippen molar-refractivity contribution in [2.45, 2.75) is 33.1 Å². The molecule has 2 heteroatoms. The van der Waals surface area contributed by atoms with E-state index in [1.165, 1.54) is 11.1 Å². The highest BCUT2D eigenvalue weighted by Crippen LogP contribution is 2.37. The summed E-state index contributed by atoms with van der Waals surface area (Å²) in [6.07, 6.45) is 1.15. The maximum absolute atomic E-state index is 5.37. The van der Waals surface area contributed by atoms with Gasteiger partial charge in [0.1, 0.15) is 0 Å². The number of aryl methyl sites for hydroxylation is 1. The SMILES string of the molecule is CCC(C)c1cc2c(cc1C)OCO2. The normalized spacial score (nSPS) is 15.6. The van der Waals surface area contributed by atoms with Crippen LogP contribution in [0.25, 0.3) is 0 Å². The molecule has 14 heavy (non-hydrogen) atoms. The van der Waals surface area contributed by atoms with Crippen molar-refractivity contribution in [1.29, 1.82) is 0 Å². The van der Waals surface area contributed by atoms with Gasteiger partial charge in [0, 0.05) is 0 Å². The Morgan fingerprint density at radius 1 is 1.29 bits per heavy atom. The molecule has 1 heterocycles. The topological polar surface area (TPSA) is 18.5 Å². The Hall–Kier alpha value is -1.18. The van der Waals surface area contributed by atoms with Gasteiger partial charge in [-0.3, -0.25) is 0 Å². The van der Waals surface area contributed by atoms with E-state index in [1.54, 1.807) is 0 Å². The number of hydrogen-bond acceptors (Lipinski definition) is 2. The zero-order valence-electron chi connectivity index (χ0n) is 8.96. The van der Waals surface area contributed by atoms with E-state index in [9.17, 15) is 0 Å². The molecule has 0 aliphatic carbocycles. The summed E-state index contributed by atoms with van der Waals surface area (Å²) in [5.41, 5.74) is 2.67. The minimum absolute atomic E-state index is 0.360. The highest BCUT2D eigenvalue weighted by atomic mass is 16.7. The molecule has 1 aromatic carbocycles. The van der Waals surface area contributed by atoms with E-state index in [0.717, 1.165) is 17.9 Å². The number of ether oxygens (including phenoxy) is 2. The number of benzene rings is 1. The average molecular weight is 192 g/mol. The van der Waals surface area contributed by atoms with E-state index >= 15 is 0 Å². The molecule has 0 fully saturated rings. The number of fused-ring (bicyclic) bond motifs is 1. The van der Waals surface area contributed by atoms with Crippen LogP contribution < -0.4 is 9.47 Å². The summed E-state index contributed by atoms with van der Waals surface area (Å²) in [4.78, 5) is 0. The van der Waals surface area contributed by atoms with Gasteiger partial charge in [-0.25, -0.2) is 0 Å². The third-order valence-corrected chi connectivity index (χ3v) is 2.90. The molecule has 1 unspecified atom stereocenters. The van der Waals surface area contributed by atoms with Gasteiger partial charge in [0.15, 0.2) is 11.5 Å². The molecule has 1 aliphatic rings. The molecule has 1 atom stereocenters. The predicted octanol–water partition coefficient (Wildman–Crippen LogP) is 3.24. The Labute approximate surface area is 84.8 Å². The highest BCUT2D eigenvalue weighted by Gasteiger charge is 2.17. The summed E-state index contributed by atoms with van der Waals surface area (Å²) >= 11 is 0. The van der Waals surface area contributed by atoms with E-state index < -0.39 is 0 Å². The Morgan fingerprint density at radius 3 is 2.57 bits per heavy atom. The first-order valence-electron chi connectivity index (χ1n) is 5.12. The number of hydrogen-bond donors (Lipinski definition) is 0. The number of rotatable bonds is 2. The lowest BCUT2D eigenvalue weighted by atomic mass is 9.94. The van der Waals surface area contributed by atoms with Crippen molar-refractivity contribution in [3.05, 3.63) is 23.3 Å². The minimum atomic E-state index is 0.360. The molecule has 0 saturated heterocycles. The Bertz CT molecular complexity index is 344. The summed E-state index contributed by atoms with van der Waals surface area (Å²) in [5.74, 6) is 2.37. The lowest BCUT2D eigenvalue weighted by Crippen LogP contribution is -1.95. The summed E-state index contributed by atoms with van der Waals surface area (Å²) in [6.45, 7) is 6.93. The van der Waals surface area contributed by atoms with Crippen LogP contribution in [0.2, 0.25) is 0 Å². The van der Waals surface area contributed by atoms with Crippen LogP contribution in [0.4, 0.5) is 0 Å². The van der Waals surface area contributed by atoms with Crippen LogP contribution in [-0.2, 0) is 0 Å². The van der Waals surface area contributed by atoms with Crippen LogP contribution in [-0.4, -0.2) is 6.79 Å². The average Bonchev–Trinajstić information content (AvgIpc) is 2.62. The zero-order valence-corrected chi connectivity index (χ0v) is 8.96. The van der Waals surface area contributed by atoms with Gasteiger partial charge < -0.3 is 9.47 Å². The molecule has 2 rings (SSSR count). The third kappa shape index (κ3) is 1.45. The summed E-state index contributed by atoms with van der Waals surface area (Å²) in [7, 11) is 0. The first kappa shape index (κ1) is 9.38. The maximum Gasteiger partial charge on any atom is 0.231 e. The van der Waals surface area contributed by atoms with Crippen molar-refractivity contribution >= 4 is 0 Å². The second kappa shape index (κ2) is 3.52. The van der Waals surface area contributed by atoms with Gasteiger partial charge in [0.2, 0.25) is 6.79 Å². The van der Waals surface area contributed by atoms with Crippen LogP contribution in [0.3, 0.4) is 0 Å². The van der Waals surface area contributed by atoms with Gasteiger partial charge in [-0.15, -0.1) is 0 Å².